The second kappa shape index (κ2) is 6.03. The van der Waals surface area contributed by atoms with Gasteiger partial charge in [-0.2, -0.15) is 0 Å². The Hall–Kier alpha value is 0.160. The van der Waals surface area contributed by atoms with Crippen molar-refractivity contribution in [3.05, 3.63) is 0 Å². The van der Waals surface area contributed by atoms with Crippen LogP contribution in [0.1, 0.15) is 19.8 Å². The number of hydrogen-bond acceptors (Lipinski definition) is 3. The van der Waals surface area contributed by atoms with Crippen LogP contribution in [0.2, 0.25) is 0 Å². The summed E-state index contributed by atoms with van der Waals surface area (Å²) >= 11 is 5.59. The molecule has 0 aromatic heterocycles. The quantitative estimate of drug-likeness (QED) is 0.745. The van der Waals surface area contributed by atoms with Gasteiger partial charge in [-0.15, -0.1) is 11.6 Å². The molecule has 1 rings (SSSR count). The minimum atomic E-state index is -3.18. The zero-order valence-corrected chi connectivity index (χ0v) is 10.5. The van der Waals surface area contributed by atoms with Crippen LogP contribution in [0, 0.1) is 5.92 Å². The fraction of sp³-hybridized carbons (Fsp3) is 1.00. The van der Waals surface area contributed by atoms with Crippen molar-refractivity contribution in [3.63, 3.8) is 0 Å². The molecule has 1 unspecified atom stereocenters. The van der Waals surface area contributed by atoms with Crippen molar-refractivity contribution in [2.24, 2.45) is 5.92 Å². The molecule has 0 spiro atoms. The molecule has 1 heterocycles. The number of ether oxygens (including phenoxy) is 1. The van der Waals surface area contributed by atoms with Gasteiger partial charge in [-0.25, -0.2) is 13.1 Å². The highest BCUT2D eigenvalue weighted by molar-refractivity contribution is 7.89. The van der Waals surface area contributed by atoms with Gasteiger partial charge in [0.2, 0.25) is 10.0 Å². The first-order valence-corrected chi connectivity index (χ1v) is 7.36. The summed E-state index contributed by atoms with van der Waals surface area (Å²) in [6, 6.07) is 0.0336. The predicted molar refractivity (Wildman–Crippen MR) is 60.6 cm³/mol. The molecule has 0 aliphatic carbocycles. The molecule has 1 N–H and O–H groups in total. The molecular formula is C9H18ClNO3S. The topological polar surface area (TPSA) is 55.4 Å². The fourth-order valence-corrected chi connectivity index (χ4v) is 3.48. The molecule has 1 aliphatic rings. The van der Waals surface area contributed by atoms with Gasteiger partial charge >= 0.3 is 0 Å². The molecule has 15 heavy (non-hydrogen) atoms. The number of sulfonamides is 1. The Morgan fingerprint density at radius 3 is 2.60 bits per heavy atom. The Bertz CT molecular complexity index is 275. The molecule has 0 radical (unpaired) electrons. The van der Waals surface area contributed by atoms with Gasteiger partial charge in [-0.1, -0.05) is 6.92 Å². The lowest BCUT2D eigenvalue weighted by Gasteiger charge is -2.23. The van der Waals surface area contributed by atoms with Gasteiger partial charge in [0.1, 0.15) is 0 Å². The standard InChI is InChI=1S/C9H18ClNO3S/c1-8(6-10)7-15(12,13)11-9-2-4-14-5-3-9/h8-9,11H,2-7H2,1H3. The molecule has 1 fully saturated rings. The summed E-state index contributed by atoms with van der Waals surface area (Å²) in [5.74, 6) is 0.465. The highest BCUT2D eigenvalue weighted by atomic mass is 35.5. The second-order valence-corrected chi connectivity index (χ2v) is 6.15. The molecule has 0 bridgehead atoms. The molecule has 1 atom stereocenters. The highest BCUT2D eigenvalue weighted by Crippen LogP contribution is 2.09. The Morgan fingerprint density at radius 1 is 1.47 bits per heavy atom. The maximum atomic E-state index is 11.7. The van der Waals surface area contributed by atoms with Crippen LogP contribution < -0.4 is 4.72 Å². The van der Waals surface area contributed by atoms with Gasteiger partial charge in [0.05, 0.1) is 5.75 Å². The fourth-order valence-electron chi connectivity index (χ4n) is 1.54. The lowest BCUT2D eigenvalue weighted by Crippen LogP contribution is -2.41. The van der Waals surface area contributed by atoms with Gasteiger partial charge in [0.15, 0.2) is 0 Å². The molecule has 6 heteroatoms. The number of rotatable bonds is 5. The van der Waals surface area contributed by atoms with E-state index in [1.807, 2.05) is 6.92 Å². The van der Waals surface area contributed by atoms with Gasteiger partial charge in [0.25, 0.3) is 0 Å². The van der Waals surface area contributed by atoms with Crippen molar-refractivity contribution in [2.45, 2.75) is 25.8 Å². The third-order valence-corrected chi connectivity index (χ3v) is 4.56. The van der Waals surface area contributed by atoms with Gasteiger partial charge in [-0.3, -0.25) is 0 Å². The van der Waals surface area contributed by atoms with E-state index in [4.69, 9.17) is 16.3 Å². The van der Waals surface area contributed by atoms with Crippen LogP contribution in [-0.2, 0) is 14.8 Å². The van der Waals surface area contributed by atoms with Crippen LogP contribution in [0.15, 0.2) is 0 Å². The minimum Gasteiger partial charge on any atom is -0.381 e. The lowest BCUT2D eigenvalue weighted by atomic mass is 10.1. The normalized spacial score (nSPS) is 21.5. The first-order chi connectivity index (χ1) is 7.03. The van der Waals surface area contributed by atoms with E-state index in [9.17, 15) is 8.42 Å². The molecule has 90 valence electrons. The van der Waals surface area contributed by atoms with Crippen LogP contribution in [0.5, 0.6) is 0 Å². The van der Waals surface area contributed by atoms with Crippen molar-refractivity contribution < 1.29 is 13.2 Å². The van der Waals surface area contributed by atoms with Crippen molar-refractivity contribution in [1.82, 2.24) is 4.72 Å². The van der Waals surface area contributed by atoms with Crippen LogP contribution >= 0.6 is 11.6 Å². The largest absolute Gasteiger partial charge is 0.381 e. The smallest absolute Gasteiger partial charge is 0.212 e. The molecule has 1 aliphatic heterocycles. The van der Waals surface area contributed by atoms with E-state index < -0.39 is 10.0 Å². The Labute approximate surface area is 96.4 Å². The van der Waals surface area contributed by atoms with E-state index in [1.54, 1.807) is 0 Å². The number of hydrogen-bond donors (Lipinski definition) is 1. The molecule has 1 saturated heterocycles. The van der Waals surface area contributed by atoms with Crippen LogP contribution in [-0.4, -0.2) is 39.3 Å². The van der Waals surface area contributed by atoms with E-state index in [0.717, 1.165) is 12.8 Å². The van der Waals surface area contributed by atoms with Gasteiger partial charge in [-0.05, 0) is 18.8 Å². The number of nitrogens with one attached hydrogen (secondary N) is 1. The summed E-state index contributed by atoms with van der Waals surface area (Å²) in [5, 5.41) is 0. The van der Waals surface area contributed by atoms with Crippen molar-refractivity contribution in [1.29, 1.82) is 0 Å². The Balaban J connectivity index is 2.40. The third kappa shape index (κ3) is 5.15. The zero-order chi connectivity index (χ0) is 11.3. The third-order valence-electron chi connectivity index (χ3n) is 2.33. The molecule has 4 nitrogen and oxygen atoms in total. The highest BCUT2D eigenvalue weighted by Gasteiger charge is 2.21. The van der Waals surface area contributed by atoms with E-state index in [1.165, 1.54) is 0 Å². The average molecular weight is 256 g/mol. The summed E-state index contributed by atoms with van der Waals surface area (Å²) in [6.07, 6.45) is 1.52. The maximum Gasteiger partial charge on any atom is 0.212 e. The first kappa shape index (κ1) is 13.2. The molecule has 0 amide bonds. The zero-order valence-electron chi connectivity index (χ0n) is 8.91. The second-order valence-electron chi connectivity index (χ2n) is 4.05. The van der Waals surface area contributed by atoms with Crippen LogP contribution in [0.4, 0.5) is 0 Å². The predicted octanol–water partition coefficient (Wildman–Crippen LogP) is 0.960. The van der Waals surface area contributed by atoms with Gasteiger partial charge in [0, 0.05) is 25.1 Å². The SMILES string of the molecule is CC(CCl)CS(=O)(=O)NC1CCOCC1. The minimum absolute atomic E-state index is 0.0102. The summed E-state index contributed by atoms with van der Waals surface area (Å²) < 4.78 is 31.2. The van der Waals surface area contributed by atoms with Crippen LogP contribution in [0.25, 0.3) is 0 Å². The Kier molecular flexibility index (Phi) is 5.32. The van der Waals surface area contributed by atoms with E-state index in [2.05, 4.69) is 4.72 Å². The molecule has 0 aromatic carbocycles. The summed E-state index contributed by atoms with van der Waals surface area (Å²) in [7, 11) is -3.18. The van der Waals surface area contributed by atoms with E-state index in [-0.39, 0.29) is 17.7 Å². The molecular weight excluding hydrogens is 238 g/mol. The van der Waals surface area contributed by atoms with Crippen molar-refractivity contribution in [2.75, 3.05) is 24.8 Å². The summed E-state index contributed by atoms with van der Waals surface area (Å²) in [6.45, 7) is 3.10. The first-order valence-electron chi connectivity index (χ1n) is 5.17. The summed E-state index contributed by atoms with van der Waals surface area (Å²) in [5.41, 5.74) is 0. The maximum absolute atomic E-state index is 11.7. The monoisotopic (exact) mass is 255 g/mol. The van der Waals surface area contributed by atoms with Crippen molar-refractivity contribution in [3.8, 4) is 0 Å². The average Bonchev–Trinajstić information content (AvgIpc) is 2.17. The van der Waals surface area contributed by atoms with E-state index >= 15 is 0 Å². The number of halogens is 1. The Morgan fingerprint density at radius 2 is 2.07 bits per heavy atom. The van der Waals surface area contributed by atoms with Crippen LogP contribution in [0.3, 0.4) is 0 Å². The van der Waals surface area contributed by atoms with Crippen molar-refractivity contribution >= 4 is 21.6 Å². The summed E-state index contributed by atoms with van der Waals surface area (Å²) in [4.78, 5) is 0. The van der Waals surface area contributed by atoms with Gasteiger partial charge < -0.3 is 4.74 Å². The molecule has 0 saturated carbocycles. The lowest BCUT2D eigenvalue weighted by molar-refractivity contribution is 0.0832. The van der Waals surface area contributed by atoms with E-state index in [0.29, 0.717) is 19.1 Å². The number of alkyl halides is 1. The molecule has 0 aromatic rings.